The minimum Gasteiger partial charge on any atom is -0.490 e. The Morgan fingerprint density at radius 3 is 2.44 bits per heavy atom. The molecular weight excluding hydrogens is 340 g/mol. The number of amides is 1. The first-order valence-corrected chi connectivity index (χ1v) is 9.65. The molecule has 3 rings (SSSR count). The van der Waals surface area contributed by atoms with Crippen molar-refractivity contribution in [2.45, 2.75) is 50.9 Å². The number of anilines is 1. The molecule has 0 heterocycles. The van der Waals surface area contributed by atoms with Crippen LogP contribution in [0, 0.1) is 0 Å². The number of nitrogens with one attached hydrogen (secondary N) is 1. The molecule has 0 unspecified atom stereocenters. The molecule has 0 saturated heterocycles. The van der Waals surface area contributed by atoms with Crippen molar-refractivity contribution in [3.8, 4) is 5.75 Å². The Labute approximate surface area is 160 Å². The fraction of sp³-hybridized carbons (Fsp3) is 0.409. The summed E-state index contributed by atoms with van der Waals surface area (Å²) in [6.45, 7) is 0.610. The van der Waals surface area contributed by atoms with Gasteiger partial charge in [-0.1, -0.05) is 36.8 Å². The minimum absolute atomic E-state index is 0.170. The molecule has 1 aliphatic carbocycles. The highest BCUT2D eigenvalue weighted by Gasteiger charge is 2.16. The van der Waals surface area contributed by atoms with Crippen molar-refractivity contribution in [3.05, 3.63) is 60.2 Å². The predicted octanol–water partition coefficient (Wildman–Crippen LogP) is 3.88. The van der Waals surface area contributed by atoms with E-state index in [1.807, 2.05) is 54.6 Å². The van der Waals surface area contributed by atoms with E-state index in [0.717, 1.165) is 24.2 Å². The van der Waals surface area contributed by atoms with Crippen LogP contribution >= 0.6 is 0 Å². The van der Waals surface area contributed by atoms with Crippen molar-refractivity contribution in [1.82, 2.24) is 0 Å². The van der Waals surface area contributed by atoms with Crippen molar-refractivity contribution in [2.75, 3.05) is 11.9 Å². The Hall–Kier alpha value is -2.37. The van der Waals surface area contributed by atoms with E-state index >= 15 is 0 Å². The second kappa shape index (κ2) is 10.1. The van der Waals surface area contributed by atoms with Crippen LogP contribution in [-0.4, -0.2) is 24.7 Å². The van der Waals surface area contributed by atoms with Crippen LogP contribution in [0.2, 0.25) is 0 Å². The van der Waals surface area contributed by atoms with Crippen molar-refractivity contribution < 1.29 is 14.3 Å². The summed E-state index contributed by atoms with van der Waals surface area (Å²) >= 11 is 0. The number of ether oxygens (including phenoxy) is 2. The molecule has 2 aromatic carbocycles. The standard InChI is InChI=1S/C22H28N2O3/c23-21(16-26-15-17-7-3-1-4-8-17)22(25)24-18-11-13-20(14-12-18)27-19-9-5-2-6-10-19/h1,3-4,7-8,11-14,19,21H,2,5-6,9-10,15-16,23H2,(H,24,25)/t21-/m0/s1. The van der Waals surface area contributed by atoms with Crippen LogP contribution in [0.5, 0.6) is 5.75 Å². The van der Waals surface area contributed by atoms with Gasteiger partial charge >= 0.3 is 0 Å². The van der Waals surface area contributed by atoms with E-state index in [1.165, 1.54) is 19.3 Å². The maximum atomic E-state index is 12.2. The third kappa shape index (κ3) is 6.38. The summed E-state index contributed by atoms with van der Waals surface area (Å²) in [6, 6.07) is 16.6. The summed E-state index contributed by atoms with van der Waals surface area (Å²) in [5.41, 5.74) is 7.68. The molecule has 0 aliphatic heterocycles. The average Bonchev–Trinajstić information content (AvgIpc) is 2.71. The zero-order valence-electron chi connectivity index (χ0n) is 15.6. The number of rotatable bonds is 8. The number of carbonyl (C=O) groups is 1. The van der Waals surface area contributed by atoms with Crippen molar-refractivity contribution in [1.29, 1.82) is 0 Å². The maximum Gasteiger partial charge on any atom is 0.243 e. The van der Waals surface area contributed by atoms with Crippen molar-refractivity contribution in [3.63, 3.8) is 0 Å². The zero-order valence-corrected chi connectivity index (χ0v) is 15.6. The molecular formula is C22H28N2O3. The third-order valence-electron chi connectivity index (χ3n) is 4.72. The molecule has 1 fully saturated rings. The lowest BCUT2D eigenvalue weighted by molar-refractivity contribution is -0.118. The van der Waals surface area contributed by atoms with Crippen LogP contribution in [0.1, 0.15) is 37.7 Å². The van der Waals surface area contributed by atoms with Crippen LogP contribution in [0.25, 0.3) is 0 Å². The molecule has 2 aromatic rings. The lowest BCUT2D eigenvalue weighted by Crippen LogP contribution is -2.39. The molecule has 5 heteroatoms. The molecule has 0 spiro atoms. The Morgan fingerprint density at radius 2 is 1.74 bits per heavy atom. The minimum atomic E-state index is -0.716. The summed E-state index contributed by atoms with van der Waals surface area (Å²) in [6.07, 6.45) is 6.34. The maximum absolute atomic E-state index is 12.2. The summed E-state index contributed by atoms with van der Waals surface area (Å²) in [5, 5.41) is 2.82. The number of benzene rings is 2. The lowest BCUT2D eigenvalue weighted by atomic mass is 9.98. The predicted molar refractivity (Wildman–Crippen MR) is 107 cm³/mol. The van der Waals surface area contributed by atoms with Crippen LogP contribution < -0.4 is 15.8 Å². The smallest absolute Gasteiger partial charge is 0.243 e. The third-order valence-corrected chi connectivity index (χ3v) is 4.72. The van der Waals surface area contributed by atoms with Gasteiger partial charge in [-0.25, -0.2) is 0 Å². The van der Waals surface area contributed by atoms with Gasteiger partial charge in [0, 0.05) is 5.69 Å². The van der Waals surface area contributed by atoms with Gasteiger partial charge in [-0.2, -0.15) is 0 Å². The molecule has 0 aromatic heterocycles. The highest BCUT2D eigenvalue weighted by atomic mass is 16.5. The summed E-state index contributed by atoms with van der Waals surface area (Å²) < 4.78 is 11.5. The van der Waals surface area contributed by atoms with Gasteiger partial charge in [-0.15, -0.1) is 0 Å². The summed E-state index contributed by atoms with van der Waals surface area (Å²) in [4.78, 5) is 12.2. The van der Waals surface area contributed by atoms with Crippen LogP contribution in [0.3, 0.4) is 0 Å². The monoisotopic (exact) mass is 368 g/mol. The van der Waals surface area contributed by atoms with Crippen LogP contribution in [0.4, 0.5) is 5.69 Å². The Bertz CT molecular complexity index is 697. The van der Waals surface area contributed by atoms with Crippen molar-refractivity contribution in [2.24, 2.45) is 5.73 Å². The Balaban J connectivity index is 1.41. The van der Waals surface area contributed by atoms with E-state index in [2.05, 4.69) is 5.32 Å². The molecule has 1 atom stereocenters. The van der Waals surface area contributed by atoms with Gasteiger partial charge < -0.3 is 20.5 Å². The largest absolute Gasteiger partial charge is 0.490 e. The molecule has 3 N–H and O–H groups in total. The van der Waals surface area contributed by atoms with Gasteiger partial charge in [0.15, 0.2) is 0 Å². The second-order valence-electron chi connectivity index (χ2n) is 7.00. The molecule has 1 amide bonds. The van der Waals surface area contributed by atoms with E-state index in [-0.39, 0.29) is 12.5 Å². The lowest BCUT2D eigenvalue weighted by Gasteiger charge is -2.23. The second-order valence-corrected chi connectivity index (χ2v) is 7.00. The van der Waals surface area contributed by atoms with Gasteiger partial charge in [0.1, 0.15) is 11.8 Å². The molecule has 144 valence electrons. The first-order valence-electron chi connectivity index (χ1n) is 9.65. The van der Waals surface area contributed by atoms with E-state index in [4.69, 9.17) is 15.2 Å². The van der Waals surface area contributed by atoms with Gasteiger partial charge in [0.05, 0.1) is 19.3 Å². The molecule has 27 heavy (non-hydrogen) atoms. The molecule has 1 saturated carbocycles. The van der Waals surface area contributed by atoms with Crippen molar-refractivity contribution >= 4 is 11.6 Å². The van der Waals surface area contributed by atoms with Crippen LogP contribution in [-0.2, 0) is 16.1 Å². The SMILES string of the molecule is N[C@@H](COCc1ccccc1)C(=O)Nc1ccc(OC2CCCCC2)cc1. The fourth-order valence-corrected chi connectivity index (χ4v) is 3.18. The normalized spacial score (nSPS) is 15.9. The number of hydrogen-bond acceptors (Lipinski definition) is 4. The fourth-order valence-electron chi connectivity index (χ4n) is 3.18. The van der Waals surface area contributed by atoms with E-state index < -0.39 is 6.04 Å². The number of carbonyl (C=O) groups excluding carboxylic acids is 1. The average molecular weight is 368 g/mol. The molecule has 0 bridgehead atoms. The van der Waals surface area contributed by atoms with Crippen LogP contribution in [0.15, 0.2) is 54.6 Å². The highest BCUT2D eigenvalue weighted by molar-refractivity contribution is 5.94. The first kappa shape index (κ1) is 19.4. The quantitative estimate of drug-likeness (QED) is 0.741. The number of nitrogens with two attached hydrogens (primary N) is 1. The van der Waals surface area contributed by atoms with Gasteiger partial charge in [-0.3, -0.25) is 4.79 Å². The first-order chi connectivity index (χ1) is 13.2. The highest BCUT2D eigenvalue weighted by Crippen LogP contribution is 2.24. The molecule has 1 aliphatic rings. The topological polar surface area (TPSA) is 73.6 Å². The molecule has 0 radical (unpaired) electrons. The van der Waals surface area contributed by atoms with Gasteiger partial charge in [0.25, 0.3) is 0 Å². The zero-order chi connectivity index (χ0) is 18.9. The Kier molecular flexibility index (Phi) is 7.25. The summed E-state index contributed by atoms with van der Waals surface area (Å²) in [7, 11) is 0. The van der Waals surface area contributed by atoms with Gasteiger partial charge in [0.2, 0.25) is 5.91 Å². The van der Waals surface area contributed by atoms with Gasteiger partial charge in [-0.05, 0) is 55.5 Å². The number of hydrogen-bond donors (Lipinski definition) is 2. The molecule has 5 nitrogen and oxygen atoms in total. The Morgan fingerprint density at radius 1 is 1.04 bits per heavy atom. The van der Waals surface area contributed by atoms with E-state index in [0.29, 0.717) is 18.4 Å². The van der Waals surface area contributed by atoms with E-state index in [9.17, 15) is 4.79 Å². The summed E-state index contributed by atoms with van der Waals surface area (Å²) in [5.74, 6) is 0.583. The van der Waals surface area contributed by atoms with E-state index in [1.54, 1.807) is 0 Å².